The normalized spacial score (nSPS) is 13.2. The van der Waals surface area contributed by atoms with Gasteiger partial charge in [0.1, 0.15) is 0 Å². The second-order valence-electron chi connectivity index (χ2n) is 3.91. The van der Waals surface area contributed by atoms with E-state index >= 15 is 0 Å². The van der Waals surface area contributed by atoms with Crippen LogP contribution in [0.25, 0.3) is 0 Å². The van der Waals surface area contributed by atoms with Gasteiger partial charge in [0, 0.05) is 22.9 Å². The summed E-state index contributed by atoms with van der Waals surface area (Å²) >= 11 is 3.44. The second kappa shape index (κ2) is 5.47. The van der Waals surface area contributed by atoms with Gasteiger partial charge in [0.15, 0.2) is 0 Å². The third-order valence-corrected chi connectivity index (χ3v) is 2.62. The molecule has 1 atom stereocenters. The number of rotatable bonds is 4. The van der Waals surface area contributed by atoms with Gasteiger partial charge in [0.2, 0.25) is 0 Å². The number of nitrogens with zero attached hydrogens (tertiary/aromatic N) is 1. The Labute approximate surface area is 94.3 Å². The summed E-state index contributed by atoms with van der Waals surface area (Å²) in [6.07, 6.45) is 4.87. The Morgan fingerprint density at radius 1 is 1.43 bits per heavy atom. The van der Waals surface area contributed by atoms with Crippen molar-refractivity contribution in [2.75, 3.05) is 7.05 Å². The lowest BCUT2D eigenvalue weighted by Crippen LogP contribution is -2.18. The molecule has 0 amide bonds. The lowest BCUT2D eigenvalue weighted by atomic mass is 9.98. The van der Waals surface area contributed by atoms with Gasteiger partial charge in [0.25, 0.3) is 0 Å². The van der Waals surface area contributed by atoms with E-state index in [2.05, 4.69) is 46.1 Å². The van der Waals surface area contributed by atoms with Crippen molar-refractivity contribution in [2.45, 2.75) is 26.3 Å². The highest BCUT2D eigenvalue weighted by molar-refractivity contribution is 9.10. The zero-order valence-corrected chi connectivity index (χ0v) is 10.5. The molecule has 0 spiro atoms. The topological polar surface area (TPSA) is 24.9 Å². The van der Waals surface area contributed by atoms with Crippen LogP contribution in [-0.2, 0) is 0 Å². The lowest BCUT2D eigenvalue weighted by molar-refractivity contribution is 0.456. The lowest BCUT2D eigenvalue weighted by Gasteiger charge is -2.18. The summed E-state index contributed by atoms with van der Waals surface area (Å²) in [5.41, 5.74) is 1.25. The number of halogens is 1. The summed E-state index contributed by atoms with van der Waals surface area (Å²) in [5, 5.41) is 3.32. The molecule has 1 N–H and O–H groups in total. The number of hydrogen-bond donors (Lipinski definition) is 1. The summed E-state index contributed by atoms with van der Waals surface area (Å²) in [4.78, 5) is 4.17. The molecule has 0 aromatic carbocycles. The molecule has 3 heteroatoms. The molecule has 0 saturated heterocycles. The molecule has 0 aliphatic rings. The molecule has 1 aromatic rings. The second-order valence-corrected chi connectivity index (χ2v) is 4.82. The molecular weight excluding hydrogens is 240 g/mol. The Hall–Kier alpha value is -0.410. The van der Waals surface area contributed by atoms with Crippen LogP contribution in [0.3, 0.4) is 0 Å². The van der Waals surface area contributed by atoms with Crippen molar-refractivity contribution in [3.63, 3.8) is 0 Å². The van der Waals surface area contributed by atoms with Gasteiger partial charge in [0.05, 0.1) is 0 Å². The van der Waals surface area contributed by atoms with Crippen LogP contribution in [0.5, 0.6) is 0 Å². The molecular formula is C11H17BrN2. The number of nitrogens with one attached hydrogen (secondary N) is 1. The van der Waals surface area contributed by atoms with Crippen molar-refractivity contribution in [2.24, 2.45) is 5.92 Å². The van der Waals surface area contributed by atoms with Crippen LogP contribution in [0.4, 0.5) is 0 Å². The third-order valence-electron chi connectivity index (χ3n) is 2.18. The summed E-state index contributed by atoms with van der Waals surface area (Å²) in [6, 6.07) is 2.52. The average molecular weight is 257 g/mol. The number of aromatic nitrogens is 1. The molecule has 0 saturated carbocycles. The molecule has 0 aliphatic heterocycles. The molecule has 0 bridgehead atoms. The summed E-state index contributed by atoms with van der Waals surface area (Å²) in [5.74, 6) is 0.687. The molecule has 1 aromatic heterocycles. The van der Waals surface area contributed by atoms with Gasteiger partial charge in [-0.05, 0) is 46.9 Å². The van der Waals surface area contributed by atoms with Gasteiger partial charge in [-0.3, -0.25) is 4.98 Å². The smallest absolute Gasteiger partial charge is 0.0410 e. The van der Waals surface area contributed by atoms with Crippen molar-refractivity contribution in [1.82, 2.24) is 10.3 Å². The quantitative estimate of drug-likeness (QED) is 0.896. The van der Waals surface area contributed by atoms with Crippen LogP contribution in [0, 0.1) is 5.92 Å². The molecule has 0 fully saturated rings. The van der Waals surface area contributed by atoms with Gasteiger partial charge < -0.3 is 5.32 Å². The van der Waals surface area contributed by atoms with Crippen LogP contribution in [0.2, 0.25) is 0 Å². The van der Waals surface area contributed by atoms with Gasteiger partial charge in [-0.1, -0.05) is 13.8 Å². The molecule has 1 rings (SSSR count). The first-order chi connectivity index (χ1) is 6.63. The Morgan fingerprint density at radius 3 is 2.64 bits per heavy atom. The molecule has 1 unspecified atom stereocenters. The Bertz CT molecular complexity index is 286. The first-order valence-corrected chi connectivity index (χ1v) is 5.70. The molecule has 78 valence electrons. The predicted molar refractivity (Wildman–Crippen MR) is 63.2 cm³/mol. The highest BCUT2D eigenvalue weighted by Crippen LogP contribution is 2.22. The van der Waals surface area contributed by atoms with Crippen LogP contribution in [0.15, 0.2) is 22.9 Å². The number of pyridine rings is 1. The zero-order valence-electron chi connectivity index (χ0n) is 8.92. The third kappa shape index (κ3) is 3.39. The highest BCUT2D eigenvalue weighted by Gasteiger charge is 2.11. The minimum atomic E-state index is 0.403. The fourth-order valence-corrected chi connectivity index (χ4v) is 1.89. The standard InChI is InChI=1S/C11H17BrN2/c1-8(2)4-11(13-3)9-5-10(12)7-14-6-9/h5-8,11,13H,4H2,1-3H3. The monoisotopic (exact) mass is 256 g/mol. The molecule has 2 nitrogen and oxygen atoms in total. The zero-order chi connectivity index (χ0) is 10.6. The van der Waals surface area contributed by atoms with Gasteiger partial charge in [-0.25, -0.2) is 0 Å². The SMILES string of the molecule is CNC(CC(C)C)c1cncc(Br)c1. The van der Waals surface area contributed by atoms with E-state index in [0.717, 1.165) is 10.9 Å². The van der Waals surface area contributed by atoms with E-state index in [9.17, 15) is 0 Å². The van der Waals surface area contributed by atoms with E-state index in [1.165, 1.54) is 5.56 Å². The Balaban J connectivity index is 2.78. The number of hydrogen-bond acceptors (Lipinski definition) is 2. The predicted octanol–water partition coefficient (Wildman–Crippen LogP) is 3.15. The summed E-state index contributed by atoms with van der Waals surface area (Å²) in [7, 11) is 1.99. The van der Waals surface area contributed by atoms with Crippen LogP contribution < -0.4 is 5.32 Å². The maximum absolute atomic E-state index is 4.17. The fourth-order valence-electron chi connectivity index (χ4n) is 1.51. The maximum Gasteiger partial charge on any atom is 0.0410 e. The van der Waals surface area contributed by atoms with Crippen molar-refractivity contribution in [3.05, 3.63) is 28.5 Å². The largest absolute Gasteiger partial charge is 0.313 e. The van der Waals surface area contributed by atoms with E-state index in [1.54, 1.807) is 0 Å². The molecule has 14 heavy (non-hydrogen) atoms. The average Bonchev–Trinajstić information content (AvgIpc) is 2.14. The van der Waals surface area contributed by atoms with Crippen molar-refractivity contribution in [3.8, 4) is 0 Å². The molecule has 0 radical (unpaired) electrons. The summed E-state index contributed by atoms with van der Waals surface area (Å²) in [6.45, 7) is 4.46. The van der Waals surface area contributed by atoms with Crippen LogP contribution in [0.1, 0.15) is 31.9 Å². The van der Waals surface area contributed by atoms with E-state index in [0.29, 0.717) is 12.0 Å². The van der Waals surface area contributed by atoms with Crippen molar-refractivity contribution < 1.29 is 0 Å². The van der Waals surface area contributed by atoms with Crippen LogP contribution >= 0.6 is 15.9 Å². The Morgan fingerprint density at radius 2 is 2.14 bits per heavy atom. The minimum absolute atomic E-state index is 0.403. The summed E-state index contributed by atoms with van der Waals surface area (Å²) < 4.78 is 1.04. The maximum atomic E-state index is 4.17. The highest BCUT2D eigenvalue weighted by atomic mass is 79.9. The fraction of sp³-hybridized carbons (Fsp3) is 0.545. The van der Waals surface area contributed by atoms with Crippen molar-refractivity contribution >= 4 is 15.9 Å². The van der Waals surface area contributed by atoms with Crippen LogP contribution in [-0.4, -0.2) is 12.0 Å². The van der Waals surface area contributed by atoms with E-state index < -0.39 is 0 Å². The molecule has 1 heterocycles. The van der Waals surface area contributed by atoms with E-state index in [-0.39, 0.29) is 0 Å². The van der Waals surface area contributed by atoms with Gasteiger partial charge in [-0.2, -0.15) is 0 Å². The van der Waals surface area contributed by atoms with E-state index in [1.807, 2.05) is 19.4 Å². The first kappa shape index (κ1) is 11.7. The minimum Gasteiger partial charge on any atom is -0.313 e. The van der Waals surface area contributed by atoms with E-state index in [4.69, 9.17) is 0 Å². The first-order valence-electron chi connectivity index (χ1n) is 4.91. The molecule has 0 aliphatic carbocycles. The Kier molecular flexibility index (Phi) is 4.55. The van der Waals surface area contributed by atoms with Gasteiger partial charge >= 0.3 is 0 Å². The van der Waals surface area contributed by atoms with Gasteiger partial charge in [-0.15, -0.1) is 0 Å². The van der Waals surface area contributed by atoms with Crippen molar-refractivity contribution in [1.29, 1.82) is 0 Å².